The number of hydrogen-bond donors (Lipinski definition) is 12. The van der Waals surface area contributed by atoms with Crippen molar-refractivity contribution in [1.29, 1.82) is 0 Å². The van der Waals surface area contributed by atoms with E-state index in [1.807, 2.05) is 6.92 Å². The van der Waals surface area contributed by atoms with Crippen LogP contribution in [0.15, 0.2) is 11.3 Å². The van der Waals surface area contributed by atoms with Gasteiger partial charge in [0.25, 0.3) is 0 Å². The van der Waals surface area contributed by atoms with Crippen molar-refractivity contribution in [2.75, 3.05) is 33.0 Å². The third-order valence-corrected chi connectivity index (χ3v) is 18.5. The molecule has 5 heterocycles. The van der Waals surface area contributed by atoms with Crippen LogP contribution in [0.4, 0.5) is 0 Å². The summed E-state index contributed by atoms with van der Waals surface area (Å²) in [4.78, 5) is 14.5. The minimum absolute atomic E-state index is 0.0141. The Balaban J connectivity index is 0.816. The molecule has 8 fully saturated rings. The molecule has 4 saturated carbocycles. The van der Waals surface area contributed by atoms with Gasteiger partial charge in [-0.1, -0.05) is 20.8 Å². The van der Waals surface area contributed by atoms with Crippen LogP contribution in [-0.2, 0) is 47.4 Å². The zero-order valence-corrected chi connectivity index (χ0v) is 40.9. The highest BCUT2D eigenvalue weighted by molar-refractivity contribution is 5.83. The van der Waals surface area contributed by atoms with Gasteiger partial charge in [0.1, 0.15) is 97.3 Å². The molecule has 0 aromatic heterocycles. The fourth-order valence-corrected chi connectivity index (χ4v) is 14.3. The molecular formula is C49H78O22. The third kappa shape index (κ3) is 10.0. The average Bonchev–Trinajstić information content (AvgIpc) is 3.83. The van der Waals surface area contributed by atoms with E-state index in [9.17, 15) is 66.1 Å². The van der Waals surface area contributed by atoms with Gasteiger partial charge in [-0.3, -0.25) is 4.79 Å². The zero-order chi connectivity index (χ0) is 51.0. The molecule has 71 heavy (non-hydrogen) atoms. The number of aliphatic hydroxyl groups is 12. The summed E-state index contributed by atoms with van der Waals surface area (Å²) in [5.41, 5.74) is 0.897. The van der Waals surface area contributed by atoms with Crippen LogP contribution in [0.2, 0.25) is 0 Å². The largest absolute Gasteiger partial charge is 0.494 e. The topological polar surface area (TPSA) is 343 Å². The Kier molecular flexibility index (Phi) is 16.4. The maximum Gasteiger partial charge on any atom is 0.186 e. The van der Waals surface area contributed by atoms with E-state index in [4.69, 9.17) is 42.6 Å². The highest BCUT2D eigenvalue weighted by Gasteiger charge is 2.66. The van der Waals surface area contributed by atoms with Gasteiger partial charge >= 0.3 is 0 Å². The van der Waals surface area contributed by atoms with Crippen LogP contribution in [0.1, 0.15) is 85.5 Å². The highest BCUT2D eigenvalue weighted by atomic mass is 16.8. The quantitative estimate of drug-likeness (QED) is 0.0797. The number of carbonyl (C=O) groups excluding carboxylic acids is 1. The molecule has 4 aliphatic carbocycles. The molecule has 5 aliphatic heterocycles. The number of hydrogen-bond acceptors (Lipinski definition) is 22. The number of carbonyl (C=O) groups is 1. The highest BCUT2D eigenvalue weighted by Crippen LogP contribution is 2.69. The average molecular weight is 1020 g/mol. The standard InChI is InChI=1S/C49H78O22/c1-19(15-63-45-41(61)37(57)36(56)31(14-50)69-45)5-6-29-20(2)33-30(68-29)13-24-22-12-26(51)25-11-21(7-9-48(25,3)23(22)8-10-49(24,33)4)67-47-42(62)38(58)43(71-46-40(60)35(55)28(53)17-65-46)32(70-47)18-66-44-39(59)34(54)27(52)16-64-44/h19,21-25,27-28,30-47,50,52-62H,5-18H2,1-4H3. The second kappa shape index (κ2) is 21.4. The normalized spacial score (nSPS) is 52.6. The maximum absolute atomic E-state index is 14.5. The van der Waals surface area contributed by atoms with Crippen LogP contribution >= 0.6 is 0 Å². The van der Waals surface area contributed by atoms with Crippen molar-refractivity contribution >= 4 is 5.78 Å². The lowest BCUT2D eigenvalue weighted by molar-refractivity contribution is -0.361. The summed E-state index contributed by atoms with van der Waals surface area (Å²) in [5.74, 6) is 1.89. The summed E-state index contributed by atoms with van der Waals surface area (Å²) in [5, 5.41) is 125. The lowest BCUT2D eigenvalue weighted by Crippen LogP contribution is -2.64. The van der Waals surface area contributed by atoms with Gasteiger partial charge < -0.3 is 104 Å². The molecule has 9 aliphatic rings. The molecule has 0 aromatic carbocycles. The van der Waals surface area contributed by atoms with Gasteiger partial charge in [0, 0.05) is 24.7 Å². The fourth-order valence-electron chi connectivity index (χ4n) is 14.3. The van der Waals surface area contributed by atoms with Crippen LogP contribution in [0.5, 0.6) is 0 Å². The molecule has 22 nitrogen and oxygen atoms in total. The van der Waals surface area contributed by atoms with Gasteiger partial charge in [-0.2, -0.15) is 0 Å². The molecule has 9 rings (SSSR count). The lowest BCUT2D eigenvalue weighted by atomic mass is 9.44. The lowest BCUT2D eigenvalue weighted by Gasteiger charge is -2.60. The van der Waals surface area contributed by atoms with Gasteiger partial charge in [-0.25, -0.2) is 0 Å². The van der Waals surface area contributed by atoms with Gasteiger partial charge in [-0.05, 0) is 91.9 Å². The number of Topliss-reactive ketones (excluding diaryl/α,β-unsaturated/α-hetero) is 1. The molecule has 28 atom stereocenters. The van der Waals surface area contributed by atoms with E-state index in [1.54, 1.807) is 0 Å². The van der Waals surface area contributed by atoms with Gasteiger partial charge in [-0.15, -0.1) is 0 Å². The Labute approximate surface area is 412 Å². The second-order valence-corrected chi connectivity index (χ2v) is 22.8. The second-order valence-electron chi connectivity index (χ2n) is 22.8. The van der Waals surface area contributed by atoms with E-state index in [0.717, 1.165) is 31.4 Å². The summed E-state index contributed by atoms with van der Waals surface area (Å²) in [6.07, 6.45) is -20.9. The molecule has 22 heteroatoms. The SMILES string of the molecule is CC1=C(CCC(C)COC2OC(CO)C(O)C(O)C2O)OC2CC3C4CC(=O)C5CC(OC6OC(COC7OCC(O)C(O)C7O)C(OC7OCC(O)C(O)C7O)C(O)C6O)CCC5(C)C4CCC3(C)C12. The van der Waals surface area contributed by atoms with E-state index in [0.29, 0.717) is 38.0 Å². The first kappa shape index (κ1) is 54.2. The summed E-state index contributed by atoms with van der Waals surface area (Å²) < 4.78 is 53.2. The smallest absolute Gasteiger partial charge is 0.186 e. The predicted octanol–water partition coefficient (Wildman–Crippen LogP) is -2.55. The Morgan fingerprint density at radius 3 is 2.01 bits per heavy atom. The molecule has 12 N–H and O–H groups in total. The van der Waals surface area contributed by atoms with Crippen LogP contribution < -0.4 is 0 Å². The van der Waals surface area contributed by atoms with Crippen molar-refractivity contribution in [2.45, 2.75) is 208 Å². The molecule has 0 spiro atoms. The third-order valence-electron chi connectivity index (χ3n) is 18.5. The first-order chi connectivity index (χ1) is 33.7. The van der Waals surface area contributed by atoms with Gasteiger partial charge in [0.2, 0.25) is 0 Å². The van der Waals surface area contributed by atoms with Crippen molar-refractivity contribution in [1.82, 2.24) is 0 Å². The summed E-state index contributed by atoms with van der Waals surface area (Å²) >= 11 is 0. The Morgan fingerprint density at radius 1 is 0.676 bits per heavy atom. The summed E-state index contributed by atoms with van der Waals surface area (Å²) in [7, 11) is 0. The molecule has 4 saturated heterocycles. The minimum atomic E-state index is -1.74. The van der Waals surface area contributed by atoms with Crippen molar-refractivity contribution < 1.29 is 109 Å². The van der Waals surface area contributed by atoms with Crippen molar-refractivity contribution in [3.63, 3.8) is 0 Å². The van der Waals surface area contributed by atoms with E-state index in [1.165, 1.54) is 5.57 Å². The van der Waals surface area contributed by atoms with Crippen LogP contribution in [0.3, 0.4) is 0 Å². The fraction of sp³-hybridized carbons (Fsp3) is 0.939. The van der Waals surface area contributed by atoms with Crippen LogP contribution in [0, 0.1) is 46.3 Å². The van der Waals surface area contributed by atoms with Gasteiger partial charge in [0.05, 0.1) is 44.9 Å². The number of aliphatic hydroxyl groups excluding tert-OH is 12. The Morgan fingerprint density at radius 2 is 1.31 bits per heavy atom. The number of fused-ring (bicyclic) bond motifs is 7. The number of rotatable bonds is 14. The Bertz CT molecular complexity index is 1880. The summed E-state index contributed by atoms with van der Waals surface area (Å²) in [6, 6.07) is 0. The minimum Gasteiger partial charge on any atom is -0.494 e. The van der Waals surface area contributed by atoms with Crippen LogP contribution in [0.25, 0.3) is 0 Å². The molecule has 28 unspecified atom stereocenters. The number of ketones is 1. The number of allylic oxidation sites excluding steroid dienone is 1. The van der Waals surface area contributed by atoms with E-state index in [-0.39, 0.29) is 65.5 Å². The molecular weight excluding hydrogens is 941 g/mol. The van der Waals surface area contributed by atoms with Crippen molar-refractivity contribution in [3.8, 4) is 0 Å². The van der Waals surface area contributed by atoms with E-state index in [2.05, 4.69) is 20.8 Å². The summed E-state index contributed by atoms with van der Waals surface area (Å²) in [6.45, 7) is 7.28. The van der Waals surface area contributed by atoms with E-state index >= 15 is 0 Å². The zero-order valence-electron chi connectivity index (χ0n) is 40.9. The first-order valence-electron chi connectivity index (χ1n) is 25.7. The molecule has 0 bridgehead atoms. The van der Waals surface area contributed by atoms with Crippen molar-refractivity contribution in [2.24, 2.45) is 46.3 Å². The first-order valence-corrected chi connectivity index (χ1v) is 25.7. The number of ether oxygens (including phenoxy) is 9. The molecule has 0 aromatic rings. The monoisotopic (exact) mass is 1020 g/mol. The van der Waals surface area contributed by atoms with E-state index < -0.39 is 137 Å². The van der Waals surface area contributed by atoms with Gasteiger partial charge in [0.15, 0.2) is 25.2 Å². The molecule has 0 amide bonds. The van der Waals surface area contributed by atoms with Crippen LogP contribution in [-0.4, -0.2) is 223 Å². The molecule has 0 radical (unpaired) electrons. The van der Waals surface area contributed by atoms with Crippen molar-refractivity contribution in [3.05, 3.63) is 11.3 Å². The predicted molar refractivity (Wildman–Crippen MR) is 239 cm³/mol. The Hall–Kier alpha value is -1.59. The molecule has 406 valence electrons. The maximum atomic E-state index is 14.5.